The first kappa shape index (κ1) is 21.7. The minimum atomic E-state index is -4.49. The van der Waals surface area contributed by atoms with Crippen LogP contribution in [0.1, 0.15) is 37.2 Å². The number of urea groups is 1. The minimum absolute atomic E-state index is 0.0841. The summed E-state index contributed by atoms with van der Waals surface area (Å²) in [5.74, 6) is 0.259. The molecule has 2 saturated heterocycles. The van der Waals surface area contributed by atoms with Gasteiger partial charge in [0.25, 0.3) is 0 Å². The molecule has 30 heavy (non-hydrogen) atoms. The number of amides is 2. The van der Waals surface area contributed by atoms with Crippen molar-refractivity contribution >= 4 is 27.7 Å². The molecule has 0 unspecified atom stereocenters. The summed E-state index contributed by atoms with van der Waals surface area (Å²) >= 11 is 5.91. The Hall–Kier alpha value is -1.52. The van der Waals surface area contributed by atoms with Gasteiger partial charge < -0.3 is 10.2 Å². The lowest BCUT2D eigenvalue weighted by Gasteiger charge is -2.42. The highest BCUT2D eigenvalue weighted by Gasteiger charge is 2.65. The quantitative estimate of drug-likeness (QED) is 0.741. The zero-order valence-corrected chi connectivity index (χ0v) is 17.7. The van der Waals surface area contributed by atoms with Gasteiger partial charge in [0.05, 0.1) is 0 Å². The molecular weight excluding hydrogens is 443 g/mol. The van der Waals surface area contributed by atoms with Crippen LogP contribution in [0.5, 0.6) is 0 Å². The lowest BCUT2D eigenvalue weighted by atomic mass is 9.90. The molecule has 0 radical (unpaired) electrons. The largest absolute Gasteiger partial charge is 0.411 e. The number of sulfonamides is 1. The van der Waals surface area contributed by atoms with Crippen LogP contribution >= 0.6 is 11.6 Å². The second-order valence-electron chi connectivity index (χ2n) is 8.31. The van der Waals surface area contributed by atoms with Gasteiger partial charge in [-0.15, -0.1) is 0 Å². The van der Waals surface area contributed by atoms with Crippen LogP contribution in [0.15, 0.2) is 24.3 Å². The Labute approximate surface area is 178 Å². The van der Waals surface area contributed by atoms with Crippen molar-refractivity contribution in [3.63, 3.8) is 0 Å². The summed E-state index contributed by atoms with van der Waals surface area (Å²) in [4.78, 5) is 13.2. The zero-order chi connectivity index (χ0) is 21.7. The van der Waals surface area contributed by atoms with Crippen LogP contribution in [0.4, 0.5) is 18.0 Å². The highest BCUT2D eigenvalue weighted by molar-refractivity contribution is 7.89. The number of benzene rings is 1. The Morgan fingerprint density at radius 2 is 1.67 bits per heavy atom. The number of hydrogen-bond acceptors (Lipinski definition) is 3. The van der Waals surface area contributed by atoms with Gasteiger partial charge in [-0.05, 0) is 49.3 Å². The van der Waals surface area contributed by atoms with Crippen LogP contribution in [0.25, 0.3) is 0 Å². The molecule has 1 N–H and O–H groups in total. The SMILES string of the molecule is O=C(NC1(C(F)(F)F)CC1)N1CC(S(=O)(=O)N2CCC(c3ccc(Cl)cc3)CC2)C1. The fourth-order valence-electron chi connectivity index (χ4n) is 4.07. The van der Waals surface area contributed by atoms with Gasteiger partial charge in [-0.2, -0.15) is 13.2 Å². The van der Waals surface area contributed by atoms with Crippen LogP contribution in [0.3, 0.4) is 0 Å². The molecule has 3 aliphatic rings. The van der Waals surface area contributed by atoms with Crippen molar-refractivity contribution in [3.05, 3.63) is 34.9 Å². The molecule has 0 atom stereocenters. The molecule has 0 spiro atoms. The number of hydrogen-bond donors (Lipinski definition) is 1. The van der Waals surface area contributed by atoms with Gasteiger partial charge in [0.1, 0.15) is 10.8 Å². The summed E-state index contributed by atoms with van der Waals surface area (Å²) in [7, 11) is -3.59. The summed E-state index contributed by atoms with van der Waals surface area (Å²) in [5, 5.41) is 1.92. The minimum Gasteiger partial charge on any atom is -0.323 e. The zero-order valence-electron chi connectivity index (χ0n) is 16.2. The highest BCUT2D eigenvalue weighted by Crippen LogP contribution is 2.49. The van der Waals surface area contributed by atoms with Crippen LogP contribution in [0, 0.1) is 0 Å². The Morgan fingerprint density at radius 1 is 1.10 bits per heavy atom. The molecule has 166 valence electrons. The number of alkyl halides is 3. The number of halogens is 4. The van der Waals surface area contributed by atoms with E-state index in [-0.39, 0.29) is 31.8 Å². The highest BCUT2D eigenvalue weighted by atomic mass is 35.5. The maximum atomic E-state index is 13.0. The van der Waals surface area contributed by atoms with Gasteiger partial charge in [0, 0.05) is 31.2 Å². The molecule has 3 fully saturated rings. The summed E-state index contributed by atoms with van der Waals surface area (Å²) in [5.41, 5.74) is -1.01. The maximum absolute atomic E-state index is 13.0. The molecule has 0 aromatic heterocycles. The predicted molar refractivity (Wildman–Crippen MR) is 106 cm³/mol. The van der Waals surface area contributed by atoms with E-state index < -0.39 is 33.0 Å². The van der Waals surface area contributed by atoms with Gasteiger partial charge >= 0.3 is 12.2 Å². The van der Waals surface area contributed by atoms with E-state index in [1.807, 2.05) is 29.6 Å². The number of nitrogens with one attached hydrogen (secondary N) is 1. The topological polar surface area (TPSA) is 69.7 Å². The molecule has 1 aromatic rings. The van der Waals surface area contributed by atoms with Crippen molar-refractivity contribution in [1.29, 1.82) is 0 Å². The lowest BCUT2D eigenvalue weighted by Crippen LogP contribution is -2.64. The number of carbonyl (C=O) groups is 1. The number of carbonyl (C=O) groups excluding carboxylic acids is 1. The predicted octanol–water partition coefficient (Wildman–Crippen LogP) is 3.34. The van der Waals surface area contributed by atoms with Crippen molar-refractivity contribution in [2.45, 2.75) is 48.6 Å². The van der Waals surface area contributed by atoms with Crippen LogP contribution in [0.2, 0.25) is 5.02 Å². The lowest BCUT2D eigenvalue weighted by molar-refractivity contribution is -0.163. The molecule has 1 saturated carbocycles. The molecule has 6 nitrogen and oxygen atoms in total. The van der Waals surface area contributed by atoms with Crippen molar-refractivity contribution in [3.8, 4) is 0 Å². The van der Waals surface area contributed by atoms with Crippen LogP contribution in [-0.4, -0.2) is 66.8 Å². The molecule has 0 bridgehead atoms. The third-order valence-corrected chi connectivity index (χ3v) is 8.83. The molecule has 2 amide bonds. The second-order valence-corrected chi connectivity index (χ2v) is 11.0. The fraction of sp³-hybridized carbons (Fsp3) is 0.632. The smallest absolute Gasteiger partial charge is 0.323 e. The third-order valence-electron chi connectivity index (χ3n) is 6.35. The molecular formula is C19H23ClF3N3O3S. The van der Waals surface area contributed by atoms with Crippen molar-refractivity contribution in [2.24, 2.45) is 0 Å². The Bertz CT molecular complexity index is 905. The first-order valence-corrected chi connectivity index (χ1v) is 11.8. The monoisotopic (exact) mass is 465 g/mol. The normalized spacial score (nSPS) is 23.1. The van der Waals surface area contributed by atoms with E-state index >= 15 is 0 Å². The fourth-order valence-corrected chi connectivity index (χ4v) is 6.07. The first-order chi connectivity index (χ1) is 14.0. The Balaban J connectivity index is 1.28. The molecule has 1 aromatic carbocycles. The number of piperidine rings is 1. The van der Waals surface area contributed by atoms with E-state index in [1.54, 1.807) is 0 Å². The van der Waals surface area contributed by atoms with Gasteiger partial charge in [-0.3, -0.25) is 0 Å². The van der Waals surface area contributed by atoms with E-state index in [4.69, 9.17) is 11.6 Å². The molecule has 11 heteroatoms. The van der Waals surface area contributed by atoms with Crippen molar-refractivity contribution in [1.82, 2.24) is 14.5 Å². The molecule has 4 rings (SSSR count). The second kappa shape index (κ2) is 7.56. The van der Waals surface area contributed by atoms with Gasteiger partial charge in [-0.25, -0.2) is 17.5 Å². The Morgan fingerprint density at radius 3 is 2.17 bits per heavy atom. The summed E-state index contributed by atoms with van der Waals surface area (Å²) in [6, 6.07) is 6.69. The number of rotatable bonds is 4. The molecule has 2 heterocycles. The van der Waals surface area contributed by atoms with E-state index in [2.05, 4.69) is 0 Å². The molecule has 1 aliphatic carbocycles. The van der Waals surface area contributed by atoms with Gasteiger partial charge in [0.2, 0.25) is 10.0 Å². The Kier molecular flexibility index (Phi) is 5.47. The van der Waals surface area contributed by atoms with Crippen molar-refractivity contribution in [2.75, 3.05) is 26.2 Å². The van der Waals surface area contributed by atoms with Crippen molar-refractivity contribution < 1.29 is 26.4 Å². The summed E-state index contributed by atoms with van der Waals surface area (Å²) < 4.78 is 66.1. The summed E-state index contributed by atoms with van der Waals surface area (Å²) in [6.45, 7) is 0.601. The average molecular weight is 466 g/mol. The molecule has 2 aliphatic heterocycles. The average Bonchev–Trinajstić information content (AvgIpc) is 3.42. The standard InChI is InChI=1S/C19H23ClF3N3O3S/c20-15-3-1-13(2-4-15)14-5-9-26(10-6-14)30(28,29)16-11-25(12-16)17(27)24-18(7-8-18)19(21,22)23/h1-4,14,16H,5-12H2,(H,24,27). The number of likely N-dealkylation sites (tertiary alicyclic amines) is 1. The van der Waals surface area contributed by atoms with Gasteiger partial charge in [-0.1, -0.05) is 23.7 Å². The van der Waals surface area contributed by atoms with Crippen LogP contribution < -0.4 is 5.32 Å². The maximum Gasteiger partial charge on any atom is 0.411 e. The van der Waals surface area contributed by atoms with E-state index in [0.29, 0.717) is 31.0 Å². The van der Waals surface area contributed by atoms with Crippen LogP contribution in [-0.2, 0) is 10.0 Å². The summed E-state index contributed by atoms with van der Waals surface area (Å²) in [6.07, 6.45) is -3.40. The van der Waals surface area contributed by atoms with E-state index in [1.165, 1.54) is 4.31 Å². The number of nitrogens with zero attached hydrogens (tertiary/aromatic N) is 2. The van der Waals surface area contributed by atoms with E-state index in [0.717, 1.165) is 10.5 Å². The third kappa shape index (κ3) is 4.01. The first-order valence-electron chi connectivity index (χ1n) is 9.90. The van der Waals surface area contributed by atoms with Gasteiger partial charge in [0.15, 0.2) is 0 Å². The van der Waals surface area contributed by atoms with E-state index in [9.17, 15) is 26.4 Å².